The van der Waals surface area contributed by atoms with Gasteiger partial charge in [0.2, 0.25) is 5.91 Å². The molecule has 1 aromatic heterocycles. The SMILES string of the molecule is CC(C)CC(C(=O)O)[C@H](Cc1ccc(CCN2CCCCC2=O)c(F)c1)c1nn[nH]n1. The number of rotatable bonds is 10. The zero-order chi connectivity index (χ0) is 22.4. The molecular weight excluding hydrogens is 401 g/mol. The fraction of sp³-hybridized carbons (Fsp3) is 0.591. The molecule has 1 saturated heterocycles. The van der Waals surface area contributed by atoms with Gasteiger partial charge >= 0.3 is 5.97 Å². The summed E-state index contributed by atoms with van der Waals surface area (Å²) in [5, 5.41) is 23.8. The van der Waals surface area contributed by atoms with E-state index in [0.29, 0.717) is 49.2 Å². The molecule has 2 N–H and O–H groups in total. The molecule has 1 aromatic carbocycles. The Kier molecular flexibility index (Phi) is 7.70. The lowest BCUT2D eigenvalue weighted by Crippen LogP contribution is -2.36. The van der Waals surface area contributed by atoms with Gasteiger partial charge in [0.15, 0.2) is 5.82 Å². The molecule has 168 valence electrons. The minimum atomic E-state index is -0.924. The predicted molar refractivity (Wildman–Crippen MR) is 112 cm³/mol. The Morgan fingerprint density at radius 3 is 2.74 bits per heavy atom. The minimum Gasteiger partial charge on any atom is -0.481 e. The first-order valence-electron chi connectivity index (χ1n) is 10.9. The molecule has 0 radical (unpaired) electrons. The number of nitrogens with zero attached hydrogens (tertiary/aromatic N) is 4. The fourth-order valence-corrected chi connectivity index (χ4v) is 4.21. The first-order chi connectivity index (χ1) is 14.8. The summed E-state index contributed by atoms with van der Waals surface area (Å²) < 4.78 is 14.8. The van der Waals surface area contributed by atoms with Crippen LogP contribution in [-0.2, 0) is 22.4 Å². The van der Waals surface area contributed by atoms with Crippen molar-refractivity contribution in [2.75, 3.05) is 13.1 Å². The summed E-state index contributed by atoms with van der Waals surface area (Å²) in [5.74, 6) is -1.86. The van der Waals surface area contributed by atoms with E-state index < -0.39 is 17.8 Å². The van der Waals surface area contributed by atoms with E-state index in [1.54, 1.807) is 11.0 Å². The number of benzene rings is 1. The minimum absolute atomic E-state index is 0.135. The number of hydrogen-bond donors (Lipinski definition) is 2. The third-order valence-corrected chi connectivity index (χ3v) is 5.87. The van der Waals surface area contributed by atoms with Crippen LogP contribution in [0.2, 0.25) is 0 Å². The van der Waals surface area contributed by atoms with Crippen LogP contribution in [0.4, 0.5) is 4.39 Å². The van der Waals surface area contributed by atoms with Gasteiger partial charge in [-0.15, -0.1) is 10.2 Å². The lowest BCUT2D eigenvalue weighted by Gasteiger charge is -2.26. The van der Waals surface area contributed by atoms with Crippen LogP contribution in [0.15, 0.2) is 18.2 Å². The second-order valence-corrected chi connectivity index (χ2v) is 8.67. The van der Waals surface area contributed by atoms with Gasteiger partial charge in [0, 0.05) is 25.4 Å². The Hall–Kier alpha value is -2.84. The fourth-order valence-electron chi connectivity index (χ4n) is 4.21. The number of halogens is 1. The van der Waals surface area contributed by atoms with E-state index >= 15 is 0 Å². The number of piperidine rings is 1. The standard InChI is InChI=1S/C22H30FN5O3/c1-14(2)11-18(22(30)31)17(21-24-26-27-25-21)12-15-6-7-16(19(23)13-15)8-10-28-9-4-3-5-20(28)29/h6-7,13-14,17-18H,3-5,8-12H2,1-2H3,(H,30,31)(H,24,25,26,27)/t17-,18?/m0/s1. The lowest BCUT2D eigenvalue weighted by molar-refractivity contribution is -0.143. The number of hydrogen-bond acceptors (Lipinski definition) is 5. The van der Waals surface area contributed by atoms with Crippen molar-refractivity contribution in [2.45, 2.75) is 58.3 Å². The van der Waals surface area contributed by atoms with Crippen LogP contribution in [0.5, 0.6) is 0 Å². The summed E-state index contributed by atoms with van der Waals surface area (Å²) in [5.41, 5.74) is 1.23. The maximum absolute atomic E-state index is 14.8. The average molecular weight is 432 g/mol. The van der Waals surface area contributed by atoms with Crippen LogP contribution in [0.25, 0.3) is 0 Å². The number of amides is 1. The highest BCUT2D eigenvalue weighted by molar-refractivity contribution is 5.76. The molecule has 2 atom stereocenters. The number of nitrogens with one attached hydrogen (secondary N) is 1. The molecule has 0 bridgehead atoms. The van der Waals surface area contributed by atoms with E-state index in [0.717, 1.165) is 19.4 Å². The summed E-state index contributed by atoms with van der Waals surface area (Å²) in [7, 11) is 0. The van der Waals surface area contributed by atoms with E-state index in [1.807, 2.05) is 19.9 Å². The van der Waals surface area contributed by atoms with Crippen molar-refractivity contribution in [1.82, 2.24) is 25.5 Å². The monoisotopic (exact) mass is 431 g/mol. The predicted octanol–water partition coefficient (Wildman–Crippen LogP) is 2.97. The molecule has 1 amide bonds. The molecule has 0 saturated carbocycles. The van der Waals surface area contributed by atoms with Crippen molar-refractivity contribution < 1.29 is 19.1 Å². The van der Waals surface area contributed by atoms with Gasteiger partial charge in [-0.25, -0.2) is 4.39 Å². The zero-order valence-corrected chi connectivity index (χ0v) is 18.1. The first kappa shape index (κ1) is 22.8. The zero-order valence-electron chi connectivity index (χ0n) is 18.1. The topological polar surface area (TPSA) is 112 Å². The third-order valence-electron chi connectivity index (χ3n) is 5.87. The number of carboxylic acid groups (broad SMARTS) is 1. The number of carbonyl (C=O) groups is 2. The van der Waals surface area contributed by atoms with Gasteiger partial charge < -0.3 is 10.0 Å². The molecule has 2 heterocycles. The Morgan fingerprint density at radius 2 is 2.13 bits per heavy atom. The summed E-state index contributed by atoms with van der Waals surface area (Å²) in [6.45, 7) is 5.17. The maximum Gasteiger partial charge on any atom is 0.307 e. The number of carbonyl (C=O) groups excluding carboxylic acids is 1. The van der Waals surface area contributed by atoms with E-state index in [1.165, 1.54) is 6.07 Å². The number of H-pyrrole nitrogens is 1. The molecular formula is C22H30FN5O3. The summed E-state index contributed by atoms with van der Waals surface area (Å²) in [4.78, 5) is 25.7. The van der Waals surface area contributed by atoms with Crippen molar-refractivity contribution in [2.24, 2.45) is 11.8 Å². The van der Waals surface area contributed by atoms with Crippen LogP contribution < -0.4 is 0 Å². The quantitative estimate of drug-likeness (QED) is 0.598. The van der Waals surface area contributed by atoms with E-state index in [4.69, 9.17) is 0 Å². The molecule has 31 heavy (non-hydrogen) atoms. The van der Waals surface area contributed by atoms with E-state index in [9.17, 15) is 19.1 Å². The number of aliphatic carboxylic acids is 1. The number of tetrazole rings is 1. The highest BCUT2D eigenvalue weighted by Crippen LogP contribution is 2.31. The Labute approximate surface area is 181 Å². The number of aromatic nitrogens is 4. The number of carboxylic acids is 1. The van der Waals surface area contributed by atoms with Crippen molar-refractivity contribution >= 4 is 11.9 Å². The van der Waals surface area contributed by atoms with Crippen molar-refractivity contribution in [3.63, 3.8) is 0 Å². The lowest BCUT2D eigenvalue weighted by atomic mass is 9.81. The highest BCUT2D eigenvalue weighted by atomic mass is 19.1. The molecule has 2 aromatic rings. The first-order valence-corrected chi connectivity index (χ1v) is 10.9. The van der Waals surface area contributed by atoms with Crippen molar-refractivity contribution in [3.8, 4) is 0 Å². The summed E-state index contributed by atoms with van der Waals surface area (Å²) in [6, 6.07) is 5.00. The molecule has 8 nitrogen and oxygen atoms in total. The second kappa shape index (κ2) is 10.5. The smallest absolute Gasteiger partial charge is 0.307 e. The van der Waals surface area contributed by atoms with Crippen LogP contribution in [0.3, 0.4) is 0 Å². The Balaban J connectivity index is 1.73. The van der Waals surface area contributed by atoms with Crippen molar-refractivity contribution in [1.29, 1.82) is 0 Å². The van der Waals surface area contributed by atoms with Gasteiger partial charge in [-0.2, -0.15) is 5.21 Å². The molecule has 9 heteroatoms. The Bertz CT molecular complexity index is 887. The molecule has 1 aliphatic rings. The maximum atomic E-state index is 14.8. The van der Waals surface area contributed by atoms with Gasteiger partial charge in [0.1, 0.15) is 5.82 Å². The van der Waals surface area contributed by atoms with Crippen LogP contribution in [-0.4, -0.2) is 55.6 Å². The van der Waals surface area contributed by atoms with Gasteiger partial charge in [0.25, 0.3) is 0 Å². The normalized spacial score (nSPS) is 16.5. The highest BCUT2D eigenvalue weighted by Gasteiger charge is 2.33. The average Bonchev–Trinajstić information content (AvgIpc) is 3.25. The number of aromatic amines is 1. The Morgan fingerprint density at radius 1 is 1.32 bits per heavy atom. The van der Waals surface area contributed by atoms with E-state index in [2.05, 4.69) is 20.6 Å². The largest absolute Gasteiger partial charge is 0.481 e. The molecule has 0 aliphatic carbocycles. The van der Waals surface area contributed by atoms with Crippen LogP contribution in [0, 0.1) is 17.7 Å². The van der Waals surface area contributed by atoms with Gasteiger partial charge in [-0.05, 0) is 55.2 Å². The molecule has 3 rings (SSSR count). The van der Waals surface area contributed by atoms with Gasteiger partial charge in [-0.3, -0.25) is 9.59 Å². The number of likely N-dealkylation sites (tertiary alicyclic amines) is 1. The van der Waals surface area contributed by atoms with Crippen molar-refractivity contribution in [3.05, 3.63) is 41.0 Å². The van der Waals surface area contributed by atoms with Crippen LogP contribution >= 0.6 is 0 Å². The molecule has 0 spiro atoms. The summed E-state index contributed by atoms with van der Waals surface area (Å²) >= 11 is 0. The molecule has 1 unspecified atom stereocenters. The molecule has 1 fully saturated rings. The summed E-state index contributed by atoms with van der Waals surface area (Å²) in [6.07, 6.45) is 3.70. The second-order valence-electron chi connectivity index (χ2n) is 8.67. The van der Waals surface area contributed by atoms with Gasteiger partial charge in [0.05, 0.1) is 5.92 Å². The van der Waals surface area contributed by atoms with E-state index in [-0.39, 0.29) is 17.6 Å². The third kappa shape index (κ3) is 6.08. The molecule has 1 aliphatic heterocycles. The van der Waals surface area contributed by atoms with Gasteiger partial charge in [-0.1, -0.05) is 31.2 Å². The van der Waals surface area contributed by atoms with Crippen LogP contribution in [0.1, 0.15) is 62.4 Å².